The van der Waals surface area contributed by atoms with E-state index in [9.17, 15) is 4.79 Å². The third-order valence-electron chi connectivity index (χ3n) is 2.81. The molecule has 0 aliphatic carbocycles. The molecule has 0 spiro atoms. The number of aromatic nitrogens is 1. The number of rotatable bonds is 3. The Morgan fingerprint density at radius 1 is 1.33 bits per heavy atom. The molecule has 4 heteroatoms. The predicted molar refractivity (Wildman–Crippen MR) is 76.0 cm³/mol. The van der Waals surface area contributed by atoms with Crippen molar-refractivity contribution >= 4 is 23.1 Å². The fraction of sp³-hybridized carbons (Fsp3) is 0.286. The van der Waals surface area contributed by atoms with Crippen molar-refractivity contribution in [3.8, 4) is 10.6 Å². The van der Waals surface area contributed by atoms with Gasteiger partial charge in [-0.05, 0) is 30.7 Å². The van der Waals surface area contributed by atoms with Gasteiger partial charge in [0.2, 0.25) is 5.91 Å². The number of carbonyl (C=O) groups excluding carboxylic acids is 1. The Hall–Kier alpha value is -1.68. The number of aryl methyl sites for hydroxylation is 1. The maximum Gasteiger partial charge on any atom is 0.224 e. The summed E-state index contributed by atoms with van der Waals surface area (Å²) < 4.78 is 0. The quantitative estimate of drug-likeness (QED) is 0.848. The molecule has 0 aliphatic rings. The van der Waals surface area contributed by atoms with Gasteiger partial charge in [0.1, 0.15) is 5.82 Å². The summed E-state index contributed by atoms with van der Waals surface area (Å²) in [5.74, 6) is 0.673. The monoisotopic (exact) mass is 260 g/mol. The molecule has 0 fully saturated rings. The van der Waals surface area contributed by atoms with E-state index in [2.05, 4.69) is 24.0 Å². The van der Waals surface area contributed by atoms with Crippen LogP contribution in [0.25, 0.3) is 10.6 Å². The maximum absolute atomic E-state index is 11.3. The second-order valence-corrected chi connectivity index (χ2v) is 5.25. The van der Waals surface area contributed by atoms with Gasteiger partial charge in [-0.3, -0.25) is 4.79 Å². The lowest BCUT2D eigenvalue weighted by Gasteiger charge is -2.14. The average molecular weight is 260 g/mol. The predicted octanol–water partition coefficient (Wildman–Crippen LogP) is 3.36. The smallest absolute Gasteiger partial charge is 0.224 e. The van der Waals surface area contributed by atoms with Gasteiger partial charge in [-0.25, -0.2) is 4.98 Å². The molecule has 0 radical (unpaired) electrons. The van der Waals surface area contributed by atoms with Crippen LogP contribution in [0.2, 0.25) is 0 Å². The van der Waals surface area contributed by atoms with Gasteiger partial charge < -0.3 is 4.90 Å². The normalized spacial score (nSPS) is 10.4. The molecule has 0 aromatic carbocycles. The Morgan fingerprint density at radius 3 is 2.72 bits per heavy atom. The number of amides is 1. The zero-order valence-corrected chi connectivity index (χ0v) is 11.6. The summed E-state index contributed by atoms with van der Waals surface area (Å²) in [6.07, 6.45) is 1.04. The van der Waals surface area contributed by atoms with Crippen molar-refractivity contribution in [1.29, 1.82) is 0 Å². The lowest BCUT2D eigenvalue weighted by Crippen LogP contribution is -2.23. The molecule has 0 bridgehead atoms. The number of anilines is 1. The van der Waals surface area contributed by atoms with E-state index in [0.29, 0.717) is 5.82 Å². The Balaban J connectivity index is 2.35. The zero-order chi connectivity index (χ0) is 13.1. The molecule has 1 amide bonds. The van der Waals surface area contributed by atoms with Crippen LogP contribution in [-0.4, -0.2) is 17.9 Å². The van der Waals surface area contributed by atoms with Crippen LogP contribution in [0, 0.1) is 0 Å². The third-order valence-corrected chi connectivity index (χ3v) is 4.07. The highest BCUT2D eigenvalue weighted by Crippen LogP contribution is 2.28. The Kier molecular flexibility index (Phi) is 3.77. The van der Waals surface area contributed by atoms with E-state index in [1.807, 2.05) is 18.2 Å². The van der Waals surface area contributed by atoms with E-state index < -0.39 is 0 Å². The lowest BCUT2D eigenvalue weighted by atomic mass is 10.3. The SMILES string of the molecule is CCc1ccc(-c2cccc(N(C)C(C)=O)n2)s1. The summed E-state index contributed by atoms with van der Waals surface area (Å²) in [7, 11) is 1.74. The maximum atomic E-state index is 11.3. The van der Waals surface area contributed by atoms with Crippen LogP contribution in [-0.2, 0) is 11.2 Å². The molecule has 0 saturated carbocycles. The van der Waals surface area contributed by atoms with Gasteiger partial charge >= 0.3 is 0 Å². The first kappa shape index (κ1) is 12.8. The third kappa shape index (κ3) is 2.59. The number of hydrogen-bond donors (Lipinski definition) is 0. The minimum absolute atomic E-state index is 0.0138. The van der Waals surface area contributed by atoms with Gasteiger partial charge in [-0.1, -0.05) is 13.0 Å². The Bertz CT molecular complexity index is 562. The topological polar surface area (TPSA) is 33.2 Å². The van der Waals surface area contributed by atoms with Crippen molar-refractivity contribution in [2.75, 3.05) is 11.9 Å². The minimum atomic E-state index is -0.0138. The van der Waals surface area contributed by atoms with Crippen molar-refractivity contribution in [2.24, 2.45) is 0 Å². The summed E-state index contributed by atoms with van der Waals surface area (Å²) in [5.41, 5.74) is 0.922. The largest absolute Gasteiger partial charge is 0.300 e. The molecule has 3 nitrogen and oxygen atoms in total. The lowest BCUT2D eigenvalue weighted by molar-refractivity contribution is -0.116. The fourth-order valence-corrected chi connectivity index (χ4v) is 2.53. The molecule has 18 heavy (non-hydrogen) atoms. The van der Waals surface area contributed by atoms with Crippen LogP contribution in [0.1, 0.15) is 18.7 Å². The van der Waals surface area contributed by atoms with Crippen LogP contribution >= 0.6 is 11.3 Å². The second-order valence-electron chi connectivity index (χ2n) is 4.08. The Labute approximate surface area is 111 Å². The van der Waals surface area contributed by atoms with E-state index in [1.165, 1.54) is 11.8 Å². The van der Waals surface area contributed by atoms with Crippen LogP contribution in [0.3, 0.4) is 0 Å². The first-order valence-corrected chi connectivity index (χ1v) is 6.74. The van der Waals surface area contributed by atoms with Crippen LogP contribution < -0.4 is 4.90 Å². The molecule has 0 saturated heterocycles. The highest BCUT2D eigenvalue weighted by molar-refractivity contribution is 7.15. The van der Waals surface area contributed by atoms with Crippen molar-refractivity contribution in [3.05, 3.63) is 35.2 Å². The highest BCUT2D eigenvalue weighted by Gasteiger charge is 2.09. The summed E-state index contributed by atoms with van der Waals surface area (Å²) in [6.45, 7) is 3.68. The standard InChI is InChI=1S/C14H16N2OS/c1-4-11-8-9-13(18-11)12-6-5-7-14(15-12)16(3)10(2)17/h5-9H,4H2,1-3H3. The molecule has 0 atom stereocenters. The summed E-state index contributed by atoms with van der Waals surface area (Å²) in [5, 5.41) is 0. The molecule has 0 N–H and O–H groups in total. The van der Waals surface area contributed by atoms with Crippen LogP contribution in [0.5, 0.6) is 0 Å². The number of pyridine rings is 1. The van der Waals surface area contributed by atoms with Gasteiger partial charge in [-0.2, -0.15) is 0 Å². The van der Waals surface area contributed by atoms with Crippen molar-refractivity contribution in [2.45, 2.75) is 20.3 Å². The minimum Gasteiger partial charge on any atom is -0.300 e. The van der Waals surface area contributed by atoms with Gasteiger partial charge in [0.05, 0.1) is 10.6 Å². The molecule has 2 rings (SSSR count). The van der Waals surface area contributed by atoms with Crippen molar-refractivity contribution in [3.63, 3.8) is 0 Å². The van der Waals surface area contributed by atoms with Gasteiger partial charge in [0, 0.05) is 18.8 Å². The highest BCUT2D eigenvalue weighted by atomic mass is 32.1. The number of thiophene rings is 1. The van der Waals surface area contributed by atoms with E-state index in [-0.39, 0.29) is 5.91 Å². The van der Waals surface area contributed by atoms with Crippen molar-refractivity contribution < 1.29 is 4.79 Å². The van der Waals surface area contributed by atoms with E-state index in [0.717, 1.165) is 17.0 Å². The van der Waals surface area contributed by atoms with Crippen LogP contribution in [0.4, 0.5) is 5.82 Å². The molecule has 0 aliphatic heterocycles. The first-order valence-electron chi connectivity index (χ1n) is 5.92. The molecule has 94 valence electrons. The summed E-state index contributed by atoms with van der Waals surface area (Å²) in [6, 6.07) is 9.97. The zero-order valence-electron chi connectivity index (χ0n) is 10.8. The number of carbonyl (C=O) groups is 1. The van der Waals surface area contributed by atoms with E-state index in [4.69, 9.17) is 0 Å². The van der Waals surface area contributed by atoms with Gasteiger partial charge in [0.15, 0.2) is 0 Å². The molecular weight excluding hydrogens is 244 g/mol. The second kappa shape index (κ2) is 5.31. The molecule has 0 unspecified atom stereocenters. The number of nitrogens with zero attached hydrogens (tertiary/aromatic N) is 2. The van der Waals surface area contributed by atoms with Crippen molar-refractivity contribution in [1.82, 2.24) is 4.98 Å². The summed E-state index contributed by atoms with van der Waals surface area (Å²) in [4.78, 5) is 19.9. The van der Waals surface area contributed by atoms with E-state index >= 15 is 0 Å². The molecular formula is C14H16N2OS. The fourth-order valence-electron chi connectivity index (χ4n) is 1.61. The molecule has 2 aromatic rings. The molecule has 2 heterocycles. The summed E-state index contributed by atoms with van der Waals surface area (Å²) >= 11 is 1.75. The first-order chi connectivity index (χ1) is 8.61. The van der Waals surface area contributed by atoms with Gasteiger partial charge in [-0.15, -0.1) is 11.3 Å². The average Bonchev–Trinajstić information content (AvgIpc) is 2.86. The van der Waals surface area contributed by atoms with E-state index in [1.54, 1.807) is 23.3 Å². The van der Waals surface area contributed by atoms with Crippen LogP contribution in [0.15, 0.2) is 30.3 Å². The molecule has 2 aromatic heterocycles. The van der Waals surface area contributed by atoms with Gasteiger partial charge in [0.25, 0.3) is 0 Å². The Morgan fingerprint density at radius 2 is 2.11 bits per heavy atom. The number of hydrogen-bond acceptors (Lipinski definition) is 3.